The van der Waals surface area contributed by atoms with Crippen molar-refractivity contribution in [3.05, 3.63) is 58.4 Å². The van der Waals surface area contributed by atoms with Gasteiger partial charge in [-0.2, -0.15) is 0 Å². The number of aromatic nitrogens is 1. The van der Waals surface area contributed by atoms with Gasteiger partial charge in [-0.15, -0.1) is 0 Å². The first kappa shape index (κ1) is 13.8. The Hall–Kier alpha value is -1.83. The average Bonchev–Trinajstić information content (AvgIpc) is 3.07. The number of carbonyl (C=O) groups excluding carboxylic acids is 1. The van der Waals surface area contributed by atoms with Crippen LogP contribution in [0.25, 0.3) is 0 Å². The highest BCUT2D eigenvalue weighted by Crippen LogP contribution is 2.39. The summed E-state index contributed by atoms with van der Waals surface area (Å²) >= 11 is 0. The molecule has 114 valence electrons. The van der Waals surface area contributed by atoms with E-state index in [2.05, 4.69) is 23.6 Å². The molecule has 1 atom stereocenters. The third-order valence-corrected chi connectivity index (χ3v) is 5.35. The van der Waals surface area contributed by atoms with Crippen molar-refractivity contribution < 1.29 is 4.79 Å². The zero-order chi connectivity index (χ0) is 15.1. The second kappa shape index (κ2) is 5.42. The zero-order valence-electron chi connectivity index (χ0n) is 13.3. The summed E-state index contributed by atoms with van der Waals surface area (Å²) in [5.41, 5.74) is 6.54. The number of hydrogen-bond acceptors (Lipinski definition) is 1. The van der Waals surface area contributed by atoms with E-state index in [0.29, 0.717) is 18.2 Å². The van der Waals surface area contributed by atoms with Crippen LogP contribution in [0.2, 0.25) is 0 Å². The molecule has 2 aliphatic rings. The maximum Gasteiger partial charge on any atom is 0.183 e. The number of benzene rings is 1. The van der Waals surface area contributed by atoms with Crippen LogP contribution in [0.5, 0.6) is 0 Å². The Labute approximate surface area is 132 Å². The van der Waals surface area contributed by atoms with Crippen molar-refractivity contribution in [2.75, 3.05) is 0 Å². The minimum atomic E-state index is 0.310. The highest BCUT2D eigenvalue weighted by atomic mass is 16.1. The molecule has 0 fully saturated rings. The van der Waals surface area contributed by atoms with Gasteiger partial charge in [0.1, 0.15) is 0 Å². The average molecular weight is 293 g/mol. The largest absolute Gasteiger partial charge is 0.339 e. The molecule has 2 aromatic rings. The molecule has 0 spiro atoms. The molecule has 0 radical (unpaired) electrons. The molecule has 1 aliphatic heterocycles. The van der Waals surface area contributed by atoms with Crippen LogP contribution in [-0.4, -0.2) is 10.4 Å². The van der Waals surface area contributed by atoms with Gasteiger partial charge in [-0.1, -0.05) is 30.3 Å². The Morgan fingerprint density at radius 1 is 1.09 bits per heavy atom. The van der Waals surface area contributed by atoms with Gasteiger partial charge in [0.05, 0.1) is 5.69 Å². The van der Waals surface area contributed by atoms with Crippen LogP contribution < -0.4 is 0 Å². The van der Waals surface area contributed by atoms with Crippen molar-refractivity contribution in [3.8, 4) is 0 Å². The SMILES string of the molecule is CC1CCc2c3c(c(C(=O)Cc4ccccc4)n21)CCCC3. The standard InChI is InChI=1S/C20H23NO/c1-14-11-12-18-16-9-5-6-10-17(16)20(21(14)18)19(22)13-15-7-3-2-4-8-15/h2-4,7-8,14H,5-6,9-13H2,1H3. The molecule has 4 rings (SSSR count). The predicted octanol–water partition coefficient (Wildman–Crippen LogP) is 4.30. The van der Waals surface area contributed by atoms with Crippen LogP contribution in [0, 0.1) is 0 Å². The zero-order valence-corrected chi connectivity index (χ0v) is 13.3. The number of Topliss-reactive ketones (excluding diaryl/α,β-unsaturated/α-hetero) is 1. The topological polar surface area (TPSA) is 22.0 Å². The Kier molecular flexibility index (Phi) is 3.40. The molecule has 2 nitrogen and oxygen atoms in total. The lowest BCUT2D eigenvalue weighted by atomic mass is 9.89. The monoisotopic (exact) mass is 293 g/mol. The maximum absolute atomic E-state index is 13.0. The molecule has 0 saturated heterocycles. The number of fused-ring (bicyclic) bond motifs is 3. The third-order valence-electron chi connectivity index (χ3n) is 5.35. The lowest BCUT2D eigenvalue weighted by molar-refractivity contribution is 0.0981. The highest BCUT2D eigenvalue weighted by Gasteiger charge is 2.33. The smallest absolute Gasteiger partial charge is 0.183 e. The second-order valence-corrected chi connectivity index (χ2v) is 6.80. The van der Waals surface area contributed by atoms with Crippen LogP contribution in [0.1, 0.15) is 65.1 Å². The van der Waals surface area contributed by atoms with E-state index < -0.39 is 0 Å². The van der Waals surface area contributed by atoms with E-state index in [1.54, 1.807) is 0 Å². The van der Waals surface area contributed by atoms with Gasteiger partial charge in [-0.25, -0.2) is 0 Å². The van der Waals surface area contributed by atoms with Crippen molar-refractivity contribution >= 4 is 5.78 Å². The van der Waals surface area contributed by atoms with E-state index in [9.17, 15) is 4.79 Å². The van der Waals surface area contributed by atoms with Gasteiger partial charge in [0.15, 0.2) is 5.78 Å². The van der Waals surface area contributed by atoms with E-state index in [1.165, 1.54) is 42.5 Å². The van der Waals surface area contributed by atoms with Gasteiger partial charge < -0.3 is 4.57 Å². The van der Waals surface area contributed by atoms with Crippen molar-refractivity contribution in [2.45, 2.75) is 57.9 Å². The number of hydrogen-bond donors (Lipinski definition) is 0. The summed E-state index contributed by atoms with van der Waals surface area (Å²) in [5.74, 6) is 0.310. The van der Waals surface area contributed by atoms with Gasteiger partial charge in [-0.05, 0) is 62.1 Å². The lowest BCUT2D eigenvalue weighted by Crippen LogP contribution is -2.15. The molecule has 22 heavy (non-hydrogen) atoms. The molecule has 0 saturated carbocycles. The second-order valence-electron chi connectivity index (χ2n) is 6.80. The Bertz CT molecular complexity index is 711. The Morgan fingerprint density at radius 3 is 2.59 bits per heavy atom. The fourth-order valence-corrected chi connectivity index (χ4v) is 4.31. The summed E-state index contributed by atoms with van der Waals surface area (Å²) < 4.78 is 2.39. The molecular formula is C20H23NO. The van der Waals surface area contributed by atoms with Gasteiger partial charge in [-0.3, -0.25) is 4.79 Å². The molecule has 1 aromatic carbocycles. The first-order chi connectivity index (χ1) is 10.8. The summed E-state index contributed by atoms with van der Waals surface area (Å²) in [6.45, 7) is 2.27. The van der Waals surface area contributed by atoms with Gasteiger partial charge in [0, 0.05) is 18.2 Å². The Balaban J connectivity index is 1.76. The molecule has 0 N–H and O–H groups in total. The van der Waals surface area contributed by atoms with Crippen molar-refractivity contribution in [1.29, 1.82) is 0 Å². The van der Waals surface area contributed by atoms with Crippen LogP contribution in [0.4, 0.5) is 0 Å². The Morgan fingerprint density at radius 2 is 1.82 bits per heavy atom. The molecule has 1 aromatic heterocycles. The molecule has 1 aliphatic carbocycles. The summed E-state index contributed by atoms with van der Waals surface area (Å²) in [6, 6.07) is 10.6. The fraction of sp³-hybridized carbons (Fsp3) is 0.450. The molecular weight excluding hydrogens is 270 g/mol. The summed E-state index contributed by atoms with van der Waals surface area (Å²) in [7, 11) is 0. The lowest BCUT2D eigenvalue weighted by Gasteiger charge is -2.16. The van der Waals surface area contributed by atoms with Crippen LogP contribution in [0.15, 0.2) is 30.3 Å². The van der Waals surface area contributed by atoms with E-state index in [-0.39, 0.29) is 0 Å². The predicted molar refractivity (Wildman–Crippen MR) is 88.6 cm³/mol. The number of rotatable bonds is 3. The van der Waals surface area contributed by atoms with Crippen molar-refractivity contribution in [2.24, 2.45) is 0 Å². The summed E-state index contributed by atoms with van der Waals surface area (Å²) in [5, 5.41) is 0. The number of nitrogens with zero attached hydrogens (tertiary/aromatic N) is 1. The summed E-state index contributed by atoms with van der Waals surface area (Å²) in [4.78, 5) is 13.0. The van der Waals surface area contributed by atoms with Gasteiger partial charge >= 0.3 is 0 Å². The number of ketones is 1. The third kappa shape index (κ3) is 2.13. The van der Waals surface area contributed by atoms with Crippen molar-refractivity contribution in [1.82, 2.24) is 4.57 Å². The maximum atomic E-state index is 13.0. The number of carbonyl (C=O) groups is 1. The van der Waals surface area contributed by atoms with Crippen molar-refractivity contribution in [3.63, 3.8) is 0 Å². The first-order valence-electron chi connectivity index (χ1n) is 8.57. The molecule has 2 heteroatoms. The van der Waals surface area contributed by atoms with Gasteiger partial charge in [0.2, 0.25) is 0 Å². The highest BCUT2D eigenvalue weighted by molar-refractivity contribution is 5.98. The van der Waals surface area contributed by atoms with Crippen LogP contribution in [0.3, 0.4) is 0 Å². The van der Waals surface area contributed by atoms with E-state index >= 15 is 0 Å². The fourth-order valence-electron chi connectivity index (χ4n) is 4.31. The van der Waals surface area contributed by atoms with Gasteiger partial charge in [0.25, 0.3) is 0 Å². The summed E-state index contributed by atoms with van der Waals surface area (Å²) in [6.07, 6.45) is 7.66. The minimum Gasteiger partial charge on any atom is -0.339 e. The first-order valence-corrected chi connectivity index (χ1v) is 8.57. The van der Waals surface area contributed by atoms with Crippen LogP contribution >= 0.6 is 0 Å². The molecule has 0 amide bonds. The van der Waals surface area contributed by atoms with E-state index in [1.807, 2.05) is 18.2 Å². The quantitative estimate of drug-likeness (QED) is 0.773. The minimum absolute atomic E-state index is 0.310. The van der Waals surface area contributed by atoms with E-state index in [0.717, 1.165) is 24.1 Å². The van der Waals surface area contributed by atoms with Crippen LogP contribution in [-0.2, 0) is 25.7 Å². The van der Waals surface area contributed by atoms with E-state index in [4.69, 9.17) is 0 Å². The molecule has 0 bridgehead atoms. The normalized spacial score (nSPS) is 19.8. The molecule has 2 heterocycles. The molecule has 1 unspecified atom stereocenters.